The van der Waals surface area contributed by atoms with Crippen molar-refractivity contribution in [3.05, 3.63) is 59.4 Å². The number of nitrogens with zero attached hydrogens (tertiary/aromatic N) is 4. The zero-order valence-electron chi connectivity index (χ0n) is 11.2. The van der Waals surface area contributed by atoms with Gasteiger partial charge in [-0.3, -0.25) is 0 Å². The average molecular weight is 303 g/mol. The third-order valence-corrected chi connectivity index (χ3v) is 3.82. The molecule has 0 aliphatic rings. The summed E-state index contributed by atoms with van der Waals surface area (Å²) in [7, 11) is 0. The summed E-state index contributed by atoms with van der Waals surface area (Å²) in [6, 6.07) is 6.45. The molecule has 0 spiro atoms. The van der Waals surface area contributed by atoms with Gasteiger partial charge < -0.3 is 9.88 Å². The van der Waals surface area contributed by atoms with E-state index >= 15 is 0 Å². The molecule has 21 heavy (non-hydrogen) atoms. The van der Waals surface area contributed by atoms with E-state index in [0.717, 1.165) is 28.8 Å². The van der Waals surface area contributed by atoms with Gasteiger partial charge in [0.15, 0.2) is 0 Å². The highest BCUT2D eigenvalue weighted by Gasteiger charge is 2.05. The first-order chi connectivity index (χ1) is 10.3. The van der Waals surface area contributed by atoms with Crippen molar-refractivity contribution in [2.75, 3.05) is 11.9 Å². The molecular weight excluding hydrogens is 289 g/mol. The van der Waals surface area contributed by atoms with E-state index in [1.165, 1.54) is 23.5 Å². The Balaban J connectivity index is 1.52. The Bertz CT molecular complexity index is 678. The summed E-state index contributed by atoms with van der Waals surface area (Å²) >= 11 is 1.52. The largest absolute Gasteiger partial charge is 0.358 e. The van der Waals surface area contributed by atoms with Gasteiger partial charge in [-0.05, 0) is 17.7 Å². The van der Waals surface area contributed by atoms with Gasteiger partial charge in [0.05, 0.1) is 6.33 Å². The smallest absolute Gasteiger partial charge is 0.205 e. The van der Waals surface area contributed by atoms with E-state index in [1.807, 2.05) is 10.8 Å². The molecule has 0 bridgehead atoms. The fourth-order valence-corrected chi connectivity index (χ4v) is 2.68. The van der Waals surface area contributed by atoms with Gasteiger partial charge in [0, 0.05) is 31.9 Å². The standard InChI is InChI=1S/C14H14FN5S/c15-12-3-1-11(2-4-12)9-13-18-19-14(21-13)17-6-8-20-7-5-16-10-20/h1-5,7,10H,6,8-9H2,(H,17,19). The maximum absolute atomic E-state index is 12.8. The Labute approximate surface area is 125 Å². The SMILES string of the molecule is Fc1ccc(Cc2nnc(NCCn3ccnc3)s2)cc1. The van der Waals surface area contributed by atoms with Crippen LogP contribution in [0.5, 0.6) is 0 Å². The molecule has 0 unspecified atom stereocenters. The number of benzene rings is 1. The first-order valence-corrected chi connectivity index (χ1v) is 7.38. The lowest BCUT2D eigenvalue weighted by Gasteiger charge is -2.02. The molecule has 0 aliphatic carbocycles. The summed E-state index contributed by atoms with van der Waals surface area (Å²) in [6.07, 6.45) is 6.12. The van der Waals surface area contributed by atoms with Crippen LogP contribution in [0, 0.1) is 5.82 Å². The Morgan fingerprint density at radius 1 is 1.19 bits per heavy atom. The van der Waals surface area contributed by atoms with Crippen LogP contribution in [0.1, 0.15) is 10.6 Å². The number of anilines is 1. The van der Waals surface area contributed by atoms with Crippen molar-refractivity contribution < 1.29 is 4.39 Å². The summed E-state index contributed by atoms with van der Waals surface area (Å²) in [5.74, 6) is -0.224. The van der Waals surface area contributed by atoms with Gasteiger partial charge >= 0.3 is 0 Å². The number of hydrogen-bond donors (Lipinski definition) is 1. The van der Waals surface area contributed by atoms with Crippen LogP contribution in [0.4, 0.5) is 9.52 Å². The third kappa shape index (κ3) is 3.85. The van der Waals surface area contributed by atoms with Gasteiger partial charge in [-0.25, -0.2) is 9.37 Å². The molecular formula is C14H14FN5S. The van der Waals surface area contributed by atoms with E-state index < -0.39 is 0 Å². The van der Waals surface area contributed by atoms with Gasteiger partial charge in [-0.2, -0.15) is 0 Å². The predicted molar refractivity (Wildman–Crippen MR) is 79.8 cm³/mol. The summed E-state index contributed by atoms with van der Waals surface area (Å²) in [5.41, 5.74) is 1.03. The molecule has 7 heteroatoms. The minimum absolute atomic E-state index is 0.224. The highest BCUT2D eigenvalue weighted by atomic mass is 32.1. The summed E-state index contributed by atoms with van der Waals surface area (Å²) in [5, 5.41) is 13.2. The van der Waals surface area contributed by atoms with Crippen LogP contribution in [0.3, 0.4) is 0 Å². The number of rotatable bonds is 6. The normalized spacial score (nSPS) is 10.7. The Morgan fingerprint density at radius 2 is 2.05 bits per heavy atom. The van der Waals surface area contributed by atoms with Crippen molar-refractivity contribution in [2.45, 2.75) is 13.0 Å². The first kappa shape index (κ1) is 13.7. The number of imidazole rings is 1. The Kier molecular flexibility index (Phi) is 4.20. The van der Waals surface area contributed by atoms with Crippen LogP contribution < -0.4 is 5.32 Å². The highest BCUT2D eigenvalue weighted by molar-refractivity contribution is 7.15. The van der Waals surface area contributed by atoms with Crippen LogP contribution in [0.15, 0.2) is 43.0 Å². The summed E-state index contributed by atoms with van der Waals surface area (Å²) in [6.45, 7) is 1.59. The monoisotopic (exact) mass is 303 g/mol. The second-order valence-corrected chi connectivity index (χ2v) is 5.59. The van der Waals surface area contributed by atoms with Crippen molar-refractivity contribution in [3.8, 4) is 0 Å². The number of aromatic nitrogens is 4. The summed E-state index contributed by atoms with van der Waals surface area (Å²) < 4.78 is 14.8. The third-order valence-electron chi connectivity index (χ3n) is 2.94. The van der Waals surface area contributed by atoms with Gasteiger partial charge in [0.1, 0.15) is 10.8 Å². The fourth-order valence-electron chi connectivity index (χ4n) is 1.88. The second-order valence-electron chi connectivity index (χ2n) is 4.53. The van der Waals surface area contributed by atoms with Crippen molar-refractivity contribution in [1.82, 2.24) is 19.7 Å². The number of halogens is 1. The van der Waals surface area contributed by atoms with Gasteiger partial charge in [0.25, 0.3) is 0 Å². The van der Waals surface area contributed by atoms with Crippen molar-refractivity contribution >= 4 is 16.5 Å². The molecule has 1 aromatic carbocycles. The van der Waals surface area contributed by atoms with Gasteiger partial charge in [-0.1, -0.05) is 23.5 Å². The molecule has 2 aromatic heterocycles. The lowest BCUT2D eigenvalue weighted by molar-refractivity contribution is 0.627. The molecule has 0 atom stereocenters. The molecule has 0 amide bonds. The molecule has 5 nitrogen and oxygen atoms in total. The van der Waals surface area contributed by atoms with E-state index in [0.29, 0.717) is 6.42 Å². The number of nitrogens with one attached hydrogen (secondary N) is 1. The van der Waals surface area contributed by atoms with E-state index in [4.69, 9.17) is 0 Å². The molecule has 0 saturated heterocycles. The topological polar surface area (TPSA) is 55.6 Å². The molecule has 2 heterocycles. The summed E-state index contributed by atoms with van der Waals surface area (Å²) in [4.78, 5) is 3.99. The molecule has 0 fully saturated rings. The zero-order chi connectivity index (χ0) is 14.5. The van der Waals surface area contributed by atoms with E-state index in [-0.39, 0.29) is 5.82 Å². The van der Waals surface area contributed by atoms with E-state index in [1.54, 1.807) is 24.7 Å². The molecule has 0 aliphatic heterocycles. The second kappa shape index (κ2) is 6.45. The van der Waals surface area contributed by atoms with E-state index in [2.05, 4.69) is 20.5 Å². The molecule has 3 aromatic rings. The Hall–Kier alpha value is -2.28. The van der Waals surface area contributed by atoms with E-state index in [9.17, 15) is 4.39 Å². The van der Waals surface area contributed by atoms with Crippen molar-refractivity contribution in [3.63, 3.8) is 0 Å². The minimum atomic E-state index is -0.224. The first-order valence-electron chi connectivity index (χ1n) is 6.56. The van der Waals surface area contributed by atoms with Crippen LogP contribution in [0.25, 0.3) is 0 Å². The van der Waals surface area contributed by atoms with Crippen LogP contribution in [0.2, 0.25) is 0 Å². The predicted octanol–water partition coefficient (Wildman–Crippen LogP) is 2.58. The maximum Gasteiger partial charge on any atom is 0.205 e. The molecule has 0 radical (unpaired) electrons. The van der Waals surface area contributed by atoms with Crippen LogP contribution in [-0.4, -0.2) is 26.3 Å². The highest BCUT2D eigenvalue weighted by Crippen LogP contribution is 2.18. The molecule has 3 rings (SSSR count). The zero-order valence-corrected chi connectivity index (χ0v) is 12.1. The average Bonchev–Trinajstić information content (AvgIpc) is 3.14. The van der Waals surface area contributed by atoms with Crippen molar-refractivity contribution in [2.24, 2.45) is 0 Å². The quantitative estimate of drug-likeness (QED) is 0.760. The molecule has 108 valence electrons. The van der Waals surface area contributed by atoms with Crippen LogP contribution in [-0.2, 0) is 13.0 Å². The molecule has 1 N–H and O–H groups in total. The Morgan fingerprint density at radius 3 is 2.81 bits per heavy atom. The maximum atomic E-state index is 12.8. The van der Waals surface area contributed by atoms with Gasteiger partial charge in [0.2, 0.25) is 5.13 Å². The molecule has 0 saturated carbocycles. The minimum Gasteiger partial charge on any atom is -0.358 e. The van der Waals surface area contributed by atoms with Gasteiger partial charge in [-0.15, -0.1) is 10.2 Å². The number of hydrogen-bond acceptors (Lipinski definition) is 5. The van der Waals surface area contributed by atoms with Crippen molar-refractivity contribution in [1.29, 1.82) is 0 Å². The lowest BCUT2D eigenvalue weighted by atomic mass is 10.2. The lowest BCUT2D eigenvalue weighted by Crippen LogP contribution is -2.08. The van der Waals surface area contributed by atoms with Crippen LogP contribution >= 0.6 is 11.3 Å². The fraction of sp³-hybridized carbons (Fsp3) is 0.214.